The molecule has 0 aliphatic heterocycles. The number of anilines is 1. The molecule has 2 rings (SSSR count). The van der Waals surface area contributed by atoms with Crippen molar-refractivity contribution in [2.24, 2.45) is 0 Å². The predicted molar refractivity (Wildman–Crippen MR) is 78.9 cm³/mol. The number of amides is 1. The lowest BCUT2D eigenvalue weighted by Gasteiger charge is -2.06. The molecule has 88 valence electrons. The zero-order chi connectivity index (χ0) is 12.4. The average molecular weight is 375 g/mol. The molecule has 0 bridgehead atoms. The molecule has 0 saturated heterocycles. The smallest absolute Gasteiger partial charge is 0.265 e. The summed E-state index contributed by atoms with van der Waals surface area (Å²) < 4.78 is 1.84. The van der Waals surface area contributed by atoms with Crippen LogP contribution in [0, 0.1) is 6.92 Å². The lowest BCUT2D eigenvalue weighted by atomic mass is 10.2. The highest BCUT2D eigenvalue weighted by molar-refractivity contribution is 9.11. The van der Waals surface area contributed by atoms with Crippen molar-refractivity contribution in [1.82, 2.24) is 0 Å². The van der Waals surface area contributed by atoms with E-state index >= 15 is 0 Å². The van der Waals surface area contributed by atoms with Crippen LogP contribution in [0.15, 0.2) is 38.6 Å². The minimum Gasteiger partial charge on any atom is -0.320 e. The van der Waals surface area contributed by atoms with Gasteiger partial charge in [0, 0.05) is 4.47 Å². The SMILES string of the molecule is Cc1ccc(NC(=O)c2ccc(Br)s2)c(Br)c1. The van der Waals surface area contributed by atoms with Crippen LogP contribution in [0.25, 0.3) is 0 Å². The van der Waals surface area contributed by atoms with Gasteiger partial charge in [0.05, 0.1) is 14.4 Å². The molecule has 1 amide bonds. The van der Waals surface area contributed by atoms with Gasteiger partial charge in [0.1, 0.15) is 0 Å². The highest BCUT2D eigenvalue weighted by Crippen LogP contribution is 2.26. The van der Waals surface area contributed by atoms with E-state index in [9.17, 15) is 4.79 Å². The zero-order valence-corrected chi connectivity index (χ0v) is 12.9. The lowest BCUT2D eigenvalue weighted by molar-refractivity contribution is 0.103. The molecule has 1 aromatic heterocycles. The van der Waals surface area contributed by atoms with Gasteiger partial charge in [-0.3, -0.25) is 4.79 Å². The number of hydrogen-bond acceptors (Lipinski definition) is 2. The average Bonchev–Trinajstić information content (AvgIpc) is 2.69. The maximum absolute atomic E-state index is 11.9. The maximum atomic E-state index is 11.9. The molecule has 1 N–H and O–H groups in total. The molecule has 2 aromatic rings. The van der Waals surface area contributed by atoms with Crippen molar-refractivity contribution >= 4 is 54.8 Å². The van der Waals surface area contributed by atoms with Gasteiger partial charge in [-0.25, -0.2) is 0 Å². The van der Waals surface area contributed by atoms with Gasteiger partial charge in [-0.05, 0) is 68.6 Å². The van der Waals surface area contributed by atoms with Gasteiger partial charge in [0.15, 0.2) is 0 Å². The Labute approximate surface area is 120 Å². The third-order valence-electron chi connectivity index (χ3n) is 2.17. The standard InChI is InChI=1S/C12H9Br2NOS/c1-7-2-3-9(8(13)6-7)15-12(16)10-4-5-11(14)17-10/h2-6H,1H3,(H,15,16). The van der Waals surface area contributed by atoms with Crippen molar-refractivity contribution in [2.45, 2.75) is 6.92 Å². The molecule has 0 saturated carbocycles. The Kier molecular flexibility index (Phi) is 4.01. The maximum Gasteiger partial charge on any atom is 0.265 e. The number of rotatable bonds is 2. The van der Waals surface area contributed by atoms with E-state index in [4.69, 9.17) is 0 Å². The summed E-state index contributed by atoms with van der Waals surface area (Å²) in [6.45, 7) is 2.01. The molecular weight excluding hydrogens is 366 g/mol. The fraction of sp³-hybridized carbons (Fsp3) is 0.0833. The minimum absolute atomic E-state index is 0.0924. The molecule has 1 heterocycles. The first-order valence-corrected chi connectivity index (χ1v) is 7.29. The van der Waals surface area contributed by atoms with Crippen LogP contribution in [-0.4, -0.2) is 5.91 Å². The van der Waals surface area contributed by atoms with E-state index in [1.165, 1.54) is 11.3 Å². The number of carbonyl (C=O) groups excluding carboxylic acids is 1. The summed E-state index contributed by atoms with van der Waals surface area (Å²) in [5.41, 5.74) is 1.93. The van der Waals surface area contributed by atoms with Crippen molar-refractivity contribution < 1.29 is 4.79 Å². The molecule has 0 unspecified atom stereocenters. The molecule has 17 heavy (non-hydrogen) atoms. The van der Waals surface area contributed by atoms with Crippen molar-refractivity contribution in [3.63, 3.8) is 0 Å². The van der Waals surface area contributed by atoms with Crippen molar-refractivity contribution in [2.75, 3.05) is 5.32 Å². The Balaban J connectivity index is 2.18. The van der Waals surface area contributed by atoms with Gasteiger partial charge in [0.25, 0.3) is 5.91 Å². The molecule has 0 spiro atoms. The summed E-state index contributed by atoms with van der Waals surface area (Å²) in [5, 5.41) is 2.87. The van der Waals surface area contributed by atoms with Gasteiger partial charge in [-0.2, -0.15) is 0 Å². The molecule has 5 heteroatoms. The van der Waals surface area contributed by atoms with Crippen LogP contribution in [0.4, 0.5) is 5.69 Å². The number of hydrogen-bond donors (Lipinski definition) is 1. The summed E-state index contributed by atoms with van der Waals surface area (Å²) in [5.74, 6) is -0.0924. The zero-order valence-electron chi connectivity index (χ0n) is 8.96. The van der Waals surface area contributed by atoms with Crippen molar-refractivity contribution in [1.29, 1.82) is 0 Å². The van der Waals surface area contributed by atoms with Gasteiger partial charge < -0.3 is 5.32 Å². The first-order valence-electron chi connectivity index (χ1n) is 4.89. The van der Waals surface area contributed by atoms with Crippen LogP contribution < -0.4 is 5.32 Å². The van der Waals surface area contributed by atoms with E-state index < -0.39 is 0 Å². The monoisotopic (exact) mass is 373 g/mol. The number of thiophene rings is 1. The fourth-order valence-corrected chi connectivity index (χ4v) is 3.22. The van der Waals surface area contributed by atoms with Crippen LogP contribution in [0.1, 0.15) is 15.2 Å². The number of benzene rings is 1. The second kappa shape index (κ2) is 5.33. The summed E-state index contributed by atoms with van der Waals surface area (Å²) in [6.07, 6.45) is 0. The lowest BCUT2D eigenvalue weighted by Crippen LogP contribution is -2.10. The van der Waals surface area contributed by atoms with E-state index in [0.717, 1.165) is 19.5 Å². The molecular formula is C12H9Br2NOS. The van der Waals surface area contributed by atoms with Crippen molar-refractivity contribution in [3.8, 4) is 0 Å². The largest absolute Gasteiger partial charge is 0.320 e. The highest BCUT2D eigenvalue weighted by atomic mass is 79.9. The quantitative estimate of drug-likeness (QED) is 0.800. The van der Waals surface area contributed by atoms with Crippen molar-refractivity contribution in [3.05, 3.63) is 49.0 Å². The van der Waals surface area contributed by atoms with E-state index in [1.807, 2.05) is 31.2 Å². The first kappa shape index (κ1) is 12.8. The Hall–Kier alpha value is -0.650. The second-order valence-electron chi connectivity index (χ2n) is 3.54. The normalized spacial score (nSPS) is 10.3. The first-order chi connectivity index (χ1) is 8.06. The molecule has 1 aromatic carbocycles. The van der Waals surface area contributed by atoms with E-state index in [2.05, 4.69) is 37.2 Å². The van der Waals surface area contributed by atoms with Crippen LogP contribution in [0.3, 0.4) is 0 Å². The topological polar surface area (TPSA) is 29.1 Å². The summed E-state index contributed by atoms with van der Waals surface area (Å²) in [6, 6.07) is 9.49. The Morgan fingerprint density at radius 2 is 2.00 bits per heavy atom. The summed E-state index contributed by atoms with van der Waals surface area (Å²) in [4.78, 5) is 12.6. The molecule has 0 fully saturated rings. The predicted octanol–water partition coefficient (Wildman–Crippen LogP) is 4.83. The van der Waals surface area contributed by atoms with Gasteiger partial charge in [0.2, 0.25) is 0 Å². The number of halogens is 2. The molecule has 0 aliphatic rings. The minimum atomic E-state index is -0.0924. The van der Waals surface area contributed by atoms with Gasteiger partial charge in [-0.1, -0.05) is 6.07 Å². The van der Waals surface area contributed by atoms with E-state index in [1.54, 1.807) is 6.07 Å². The Bertz CT molecular complexity index is 565. The third-order valence-corrected chi connectivity index (χ3v) is 4.45. The van der Waals surface area contributed by atoms with E-state index in [0.29, 0.717) is 4.88 Å². The Morgan fingerprint density at radius 3 is 2.59 bits per heavy atom. The number of aryl methyl sites for hydroxylation is 1. The van der Waals surface area contributed by atoms with Crippen LogP contribution in [0.5, 0.6) is 0 Å². The highest BCUT2D eigenvalue weighted by Gasteiger charge is 2.10. The van der Waals surface area contributed by atoms with Gasteiger partial charge >= 0.3 is 0 Å². The van der Waals surface area contributed by atoms with Crippen LogP contribution in [0.2, 0.25) is 0 Å². The molecule has 2 nitrogen and oxygen atoms in total. The Morgan fingerprint density at radius 1 is 1.24 bits per heavy atom. The van der Waals surface area contributed by atoms with Crippen LogP contribution in [-0.2, 0) is 0 Å². The fourth-order valence-electron chi connectivity index (χ4n) is 1.34. The van der Waals surface area contributed by atoms with Gasteiger partial charge in [-0.15, -0.1) is 11.3 Å². The number of carbonyl (C=O) groups is 1. The van der Waals surface area contributed by atoms with E-state index in [-0.39, 0.29) is 5.91 Å². The summed E-state index contributed by atoms with van der Waals surface area (Å²) in [7, 11) is 0. The van der Waals surface area contributed by atoms with Crippen LogP contribution >= 0.6 is 43.2 Å². The number of nitrogens with one attached hydrogen (secondary N) is 1. The molecule has 0 atom stereocenters. The molecule has 0 aliphatic carbocycles. The third kappa shape index (κ3) is 3.18. The summed E-state index contributed by atoms with van der Waals surface area (Å²) >= 11 is 8.19. The second-order valence-corrected chi connectivity index (χ2v) is 6.86. The molecule has 0 radical (unpaired) electrons.